The van der Waals surface area contributed by atoms with Gasteiger partial charge in [-0.1, -0.05) is 12.1 Å². The lowest BCUT2D eigenvalue weighted by Gasteiger charge is -2.37. The molecule has 0 bridgehead atoms. The average Bonchev–Trinajstić information content (AvgIpc) is 2.79. The Morgan fingerprint density at radius 3 is 2.52 bits per heavy atom. The Balaban J connectivity index is 1.55. The summed E-state index contributed by atoms with van der Waals surface area (Å²) in [6.07, 6.45) is -2.62. The van der Waals surface area contributed by atoms with Crippen molar-refractivity contribution in [3.05, 3.63) is 48.2 Å². The van der Waals surface area contributed by atoms with E-state index in [-0.39, 0.29) is 11.5 Å². The minimum atomic E-state index is -4.40. The van der Waals surface area contributed by atoms with Crippen LogP contribution in [0, 0.1) is 0 Å². The van der Waals surface area contributed by atoms with Gasteiger partial charge in [0.15, 0.2) is 24.1 Å². The number of rotatable bonds is 6. The molecule has 1 fully saturated rings. The number of hydrogen-bond acceptors (Lipinski definition) is 5. The van der Waals surface area contributed by atoms with E-state index >= 15 is 0 Å². The smallest absolute Gasteiger partial charge is 0.422 e. The first-order chi connectivity index (χ1) is 14.9. The predicted octanol–water partition coefficient (Wildman–Crippen LogP) is 2.93. The van der Waals surface area contributed by atoms with E-state index in [0.717, 1.165) is 43.5 Å². The number of piperazine rings is 1. The zero-order valence-electron chi connectivity index (χ0n) is 17.5. The molecule has 0 aliphatic carbocycles. The van der Waals surface area contributed by atoms with Crippen LogP contribution in [0.4, 0.5) is 19.0 Å². The van der Waals surface area contributed by atoms with Crippen molar-refractivity contribution in [1.82, 2.24) is 15.2 Å². The quantitative estimate of drug-likeness (QED) is 0.554. The van der Waals surface area contributed by atoms with Crippen LogP contribution in [0.2, 0.25) is 0 Å². The third-order valence-corrected chi connectivity index (χ3v) is 4.83. The van der Waals surface area contributed by atoms with Crippen LogP contribution in [-0.4, -0.2) is 69.0 Å². The minimum absolute atomic E-state index is 0.0543. The molecule has 1 aliphatic heterocycles. The fourth-order valence-corrected chi connectivity index (χ4v) is 3.30. The molecule has 1 aliphatic rings. The van der Waals surface area contributed by atoms with Gasteiger partial charge < -0.3 is 24.6 Å². The molecule has 1 aromatic heterocycles. The largest absolute Gasteiger partial charge is 0.493 e. The molecule has 0 spiro atoms. The number of benzene rings is 1. The first-order valence-corrected chi connectivity index (χ1v) is 9.87. The topological polar surface area (TPSA) is 62.2 Å². The van der Waals surface area contributed by atoms with E-state index in [1.807, 2.05) is 18.2 Å². The summed E-state index contributed by atoms with van der Waals surface area (Å²) >= 11 is 0. The van der Waals surface area contributed by atoms with Crippen molar-refractivity contribution in [3.8, 4) is 11.5 Å². The van der Waals surface area contributed by atoms with Gasteiger partial charge in [0.25, 0.3) is 0 Å². The summed E-state index contributed by atoms with van der Waals surface area (Å²) in [5.74, 6) is 2.03. The molecule has 0 radical (unpaired) electrons. The molecule has 7 nitrogen and oxygen atoms in total. The molecule has 2 aromatic rings. The molecule has 1 N–H and O–H groups in total. The highest BCUT2D eigenvalue weighted by atomic mass is 19.4. The van der Waals surface area contributed by atoms with Gasteiger partial charge in [-0.25, -0.2) is 4.98 Å². The Kier molecular flexibility index (Phi) is 7.43. The van der Waals surface area contributed by atoms with Gasteiger partial charge in [0.1, 0.15) is 5.82 Å². The first-order valence-electron chi connectivity index (χ1n) is 9.87. The number of aliphatic imine (C=N–C) groups is 1. The normalized spacial score (nSPS) is 15.1. The van der Waals surface area contributed by atoms with Gasteiger partial charge in [-0.2, -0.15) is 13.2 Å². The molecule has 31 heavy (non-hydrogen) atoms. The van der Waals surface area contributed by atoms with E-state index in [2.05, 4.69) is 25.1 Å². The number of guanidine groups is 1. The van der Waals surface area contributed by atoms with Crippen molar-refractivity contribution in [2.75, 3.05) is 51.8 Å². The summed E-state index contributed by atoms with van der Waals surface area (Å²) in [7, 11) is 3.12. The Morgan fingerprint density at radius 2 is 1.90 bits per heavy atom. The second-order valence-corrected chi connectivity index (χ2v) is 6.95. The lowest BCUT2D eigenvalue weighted by Crippen LogP contribution is -2.52. The molecular formula is C21H26F3N5O2. The number of anilines is 1. The van der Waals surface area contributed by atoms with Crippen molar-refractivity contribution in [2.24, 2.45) is 4.99 Å². The monoisotopic (exact) mass is 437 g/mol. The van der Waals surface area contributed by atoms with Gasteiger partial charge in [-0.05, 0) is 29.8 Å². The van der Waals surface area contributed by atoms with Gasteiger partial charge in [0.05, 0.1) is 7.11 Å². The van der Waals surface area contributed by atoms with E-state index in [4.69, 9.17) is 9.47 Å². The number of hydrogen-bond donors (Lipinski definition) is 1. The summed E-state index contributed by atoms with van der Waals surface area (Å²) in [6.45, 7) is 2.34. The van der Waals surface area contributed by atoms with Gasteiger partial charge in [-0.15, -0.1) is 0 Å². The van der Waals surface area contributed by atoms with Crippen LogP contribution >= 0.6 is 0 Å². The Hall–Kier alpha value is -3.17. The van der Waals surface area contributed by atoms with E-state index < -0.39 is 12.8 Å². The second-order valence-electron chi connectivity index (χ2n) is 6.95. The van der Waals surface area contributed by atoms with Crippen molar-refractivity contribution >= 4 is 11.8 Å². The van der Waals surface area contributed by atoms with Crippen LogP contribution in [0.3, 0.4) is 0 Å². The maximum atomic E-state index is 12.4. The zero-order valence-corrected chi connectivity index (χ0v) is 17.5. The molecule has 1 aromatic carbocycles. The van der Waals surface area contributed by atoms with Gasteiger partial charge in [0, 0.05) is 46.0 Å². The van der Waals surface area contributed by atoms with E-state index in [9.17, 15) is 13.2 Å². The first kappa shape index (κ1) is 22.5. The summed E-state index contributed by atoms with van der Waals surface area (Å²) in [4.78, 5) is 13.1. The molecule has 3 rings (SSSR count). The van der Waals surface area contributed by atoms with Crippen molar-refractivity contribution in [2.45, 2.75) is 12.7 Å². The average molecular weight is 437 g/mol. The number of pyridine rings is 1. The molecule has 0 atom stereocenters. The van der Waals surface area contributed by atoms with Crippen LogP contribution in [0.15, 0.2) is 47.6 Å². The number of nitrogens with one attached hydrogen (secondary N) is 1. The third-order valence-electron chi connectivity index (χ3n) is 4.83. The number of aromatic nitrogens is 1. The molecular weight excluding hydrogens is 411 g/mol. The maximum absolute atomic E-state index is 12.4. The van der Waals surface area contributed by atoms with Crippen LogP contribution < -0.4 is 19.7 Å². The van der Waals surface area contributed by atoms with Crippen LogP contribution in [0.1, 0.15) is 5.56 Å². The zero-order chi connectivity index (χ0) is 22.3. The molecule has 1 saturated heterocycles. The van der Waals surface area contributed by atoms with E-state index in [1.165, 1.54) is 13.2 Å². The molecule has 0 unspecified atom stereocenters. The Bertz CT molecular complexity index is 869. The molecule has 2 heterocycles. The number of nitrogens with zero attached hydrogens (tertiary/aromatic N) is 4. The third kappa shape index (κ3) is 6.40. The fraction of sp³-hybridized carbons (Fsp3) is 0.429. The maximum Gasteiger partial charge on any atom is 0.422 e. The second kappa shape index (κ2) is 10.2. The fourth-order valence-electron chi connectivity index (χ4n) is 3.30. The SMILES string of the molecule is CN=C(NCc1ccc(OCC(F)(F)F)c(OC)c1)N1CCN(c2ccccn2)CC1. The van der Waals surface area contributed by atoms with E-state index in [1.54, 1.807) is 25.4 Å². The summed E-state index contributed by atoms with van der Waals surface area (Å²) in [6, 6.07) is 10.7. The van der Waals surface area contributed by atoms with Crippen molar-refractivity contribution in [3.63, 3.8) is 0 Å². The van der Waals surface area contributed by atoms with Crippen LogP contribution in [0.5, 0.6) is 11.5 Å². The molecule has 10 heteroatoms. The Labute approximate surface area is 179 Å². The standard InChI is InChI=1S/C21H26F3N5O2/c1-25-20(29-11-9-28(10-12-29)19-5-3-4-8-26-19)27-14-16-6-7-17(18(13-16)30-2)31-15-21(22,23)24/h3-8,13H,9-12,14-15H2,1-2H3,(H,25,27). The number of ether oxygens (including phenoxy) is 2. The minimum Gasteiger partial charge on any atom is -0.493 e. The van der Waals surface area contributed by atoms with Crippen molar-refractivity contribution in [1.29, 1.82) is 0 Å². The summed E-state index contributed by atoms with van der Waals surface area (Å²) in [5, 5.41) is 3.30. The lowest BCUT2D eigenvalue weighted by atomic mass is 10.2. The predicted molar refractivity (Wildman–Crippen MR) is 113 cm³/mol. The lowest BCUT2D eigenvalue weighted by molar-refractivity contribution is -0.153. The highest BCUT2D eigenvalue weighted by molar-refractivity contribution is 5.80. The molecule has 0 amide bonds. The van der Waals surface area contributed by atoms with Crippen LogP contribution in [-0.2, 0) is 6.54 Å². The number of alkyl halides is 3. The Morgan fingerprint density at radius 1 is 1.13 bits per heavy atom. The highest BCUT2D eigenvalue weighted by Crippen LogP contribution is 2.29. The highest BCUT2D eigenvalue weighted by Gasteiger charge is 2.29. The summed E-state index contributed by atoms with van der Waals surface area (Å²) in [5.41, 5.74) is 0.837. The van der Waals surface area contributed by atoms with Gasteiger partial charge >= 0.3 is 6.18 Å². The molecule has 168 valence electrons. The summed E-state index contributed by atoms with van der Waals surface area (Å²) < 4.78 is 47.2. The molecule has 0 saturated carbocycles. The number of methoxy groups -OCH3 is 1. The van der Waals surface area contributed by atoms with Crippen LogP contribution in [0.25, 0.3) is 0 Å². The van der Waals surface area contributed by atoms with E-state index in [0.29, 0.717) is 6.54 Å². The van der Waals surface area contributed by atoms with Gasteiger partial charge in [-0.3, -0.25) is 4.99 Å². The van der Waals surface area contributed by atoms with Crippen molar-refractivity contribution < 1.29 is 22.6 Å². The number of halogens is 3. The van der Waals surface area contributed by atoms with Gasteiger partial charge in [0.2, 0.25) is 0 Å².